The van der Waals surface area contributed by atoms with E-state index >= 15 is 0 Å². The zero-order valence-corrected chi connectivity index (χ0v) is 11.6. The molecule has 1 saturated heterocycles. The summed E-state index contributed by atoms with van der Waals surface area (Å²) in [6.45, 7) is 14.2. The molecule has 1 fully saturated rings. The first-order valence-corrected chi connectivity index (χ1v) is 7.03. The predicted octanol–water partition coefficient (Wildman–Crippen LogP) is 2.74. The second-order valence-electron chi connectivity index (χ2n) is 6.06. The van der Waals surface area contributed by atoms with Gasteiger partial charge in [-0.1, -0.05) is 27.7 Å². The summed E-state index contributed by atoms with van der Waals surface area (Å²) in [7, 11) is 0. The Labute approximate surface area is 102 Å². The number of hydrogen-bond donors (Lipinski definition) is 1. The average molecular weight is 226 g/mol. The number of hydrogen-bond acceptors (Lipinski definition) is 2. The summed E-state index contributed by atoms with van der Waals surface area (Å²) in [6.07, 6.45) is 4.19. The minimum atomic E-state index is 0.635. The number of nitrogens with one attached hydrogen (secondary N) is 1. The quantitative estimate of drug-likeness (QED) is 0.749. The van der Waals surface area contributed by atoms with Crippen molar-refractivity contribution in [2.24, 2.45) is 11.8 Å². The molecule has 1 unspecified atom stereocenters. The van der Waals surface area contributed by atoms with Gasteiger partial charge in [0, 0.05) is 19.1 Å². The van der Waals surface area contributed by atoms with Crippen molar-refractivity contribution < 1.29 is 0 Å². The molecular weight excluding hydrogens is 196 g/mol. The van der Waals surface area contributed by atoms with E-state index in [2.05, 4.69) is 37.9 Å². The molecule has 0 aromatic carbocycles. The zero-order chi connectivity index (χ0) is 12.0. The smallest absolute Gasteiger partial charge is 0.00103 e. The number of rotatable bonds is 6. The Morgan fingerprint density at radius 2 is 2.00 bits per heavy atom. The maximum absolute atomic E-state index is 3.53. The third-order valence-corrected chi connectivity index (χ3v) is 3.33. The molecule has 96 valence electrons. The lowest BCUT2D eigenvalue weighted by Crippen LogP contribution is -2.39. The summed E-state index contributed by atoms with van der Waals surface area (Å²) in [5.74, 6) is 1.74. The molecule has 0 aromatic rings. The van der Waals surface area contributed by atoms with Crippen molar-refractivity contribution in [3.05, 3.63) is 0 Å². The summed E-state index contributed by atoms with van der Waals surface area (Å²) in [5.41, 5.74) is 0. The molecule has 0 aliphatic carbocycles. The van der Waals surface area contributed by atoms with Crippen molar-refractivity contribution in [3.8, 4) is 0 Å². The average Bonchev–Trinajstić information content (AvgIpc) is 2.16. The molecule has 0 radical (unpaired) electrons. The molecule has 1 heterocycles. The first-order valence-electron chi connectivity index (χ1n) is 7.03. The highest BCUT2D eigenvalue weighted by Gasteiger charge is 2.19. The summed E-state index contributed by atoms with van der Waals surface area (Å²) in [5, 5.41) is 3.53. The minimum absolute atomic E-state index is 0.635. The van der Waals surface area contributed by atoms with Crippen LogP contribution in [0.5, 0.6) is 0 Å². The van der Waals surface area contributed by atoms with E-state index in [1.54, 1.807) is 0 Å². The topological polar surface area (TPSA) is 15.3 Å². The normalized spacial score (nSPS) is 23.2. The Hall–Kier alpha value is -0.0800. The van der Waals surface area contributed by atoms with Gasteiger partial charge in [-0.05, 0) is 44.2 Å². The highest BCUT2D eigenvalue weighted by molar-refractivity contribution is 4.74. The second-order valence-corrected chi connectivity index (χ2v) is 6.06. The van der Waals surface area contributed by atoms with Gasteiger partial charge in [-0.3, -0.25) is 0 Å². The SMILES string of the molecule is CC(C)CN1CCCC(CCNC(C)C)C1. The Morgan fingerprint density at radius 3 is 2.62 bits per heavy atom. The van der Waals surface area contributed by atoms with E-state index in [0.717, 1.165) is 11.8 Å². The van der Waals surface area contributed by atoms with Crippen molar-refractivity contribution in [1.82, 2.24) is 10.2 Å². The van der Waals surface area contributed by atoms with Crippen LogP contribution in [0.15, 0.2) is 0 Å². The van der Waals surface area contributed by atoms with Gasteiger partial charge in [-0.15, -0.1) is 0 Å². The van der Waals surface area contributed by atoms with Gasteiger partial charge in [0.15, 0.2) is 0 Å². The standard InChI is InChI=1S/C14H30N2/c1-12(2)10-16-9-5-6-14(11-16)7-8-15-13(3)4/h12-15H,5-11H2,1-4H3. The lowest BCUT2D eigenvalue weighted by molar-refractivity contribution is 0.153. The van der Waals surface area contributed by atoms with Gasteiger partial charge in [0.2, 0.25) is 0 Å². The summed E-state index contributed by atoms with van der Waals surface area (Å²) >= 11 is 0. The summed E-state index contributed by atoms with van der Waals surface area (Å²) in [4.78, 5) is 2.66. The highest BCUT2D eigenvalue weighted by Crippen LogP contribution is 2.19. The molecule has 0 spiro atoms. The third-order valence-electron chi connectivity index (χ3n) is 3.33. The van der Waals surface area contributed by atoms with Crippen molar-refractivity contribution in [3.63, 3.8) is 0 Å². The van der Waals surface area contributed by atoms with Crippen molar-refractivity contribution in [1.29, 1.82) is 0 Å². The Bertz CT molecular complexity index is 178. The fourth-order valence-electron chi connectivity index (χ4n) is 2.65. The molecule has 0 saturated carbocycles. The third kappa shape index (κ3) is 5.86. The molecule has 1 N–H and O–H groups in total. The van der Waals surface area contributed by atoms with Crippen LogP contribution in [0.2, 0.25) is 0 Å². The van der Waals surface area contributed by atoms with Crippen LogP contribution in [0.25, 0.3) is 0 Å². The van der Waals surface area contributed by atoms with Crippen LogP contribution in [0, 0.1) is 11.8 Å². The van der Waals surface area contributed by atoms with Gasteiger partial charge in [0.25, 0.3) is 0 Å². The van der Waals surface area contributed by atoms with Gasteiger partial charge in [0.05, 0.1) is 0 Å². The lowest BCUT2D eigenvalue weighted by atomic mass is 9.94. The monoisotopic (exact) mass is 226 g/mol. The molecule has 0 amide bonds. The van der Waals surface area contributed by atoms with E-state index in [9.17, 15) is 0 Å². The first-order chi connectivity index (χ1) is 7.58. The molecule has 1 aliphatic heterocycles. The molecule has 2 heteroatoms. The molecule has 1 aliphatic rings. The molecule has 0 aromatic heterocycles. The van der Waals surface area contributed by atoms with E-state index in [1.807, 2.05) is 0 Å². The molecule has 1 rings (SSSR count). The minimum Gasteiger partial charge on any atom is -0.315 e. The van der Waals surface area contributed by atoms with E-state index in [4.69, 9.17) is 0 Å². The molecule has 2 nitrogen and oxygen atoms in total. The van der Waals surface area contributed by atoms with Crippen LogP contribution in [-0.4, -0.2) is 37.1 Å². The van der Waals surface area contributed by atoms with Gasteiger partial charge < -0.3 is 10.2 Å². The number of nitrogens with zero attached hydrogens (tertiary/aromatic N) is 1. The van der Waals surface area contributed by atoms with E-state index in [1.165, 1.54) is 45.4 Å². The maximum Gasteiger partial charge on any atom is 0.00103 e. The molecule has 0 bridgehead atoms. The van der Waals surface area contributed by atoms with Gasteiger partial charge in [0.1, 0.15) is 0 Å². The van der Waals surface area contributed by atoms with Gasteiger partial charge >= 0.3 is 0 Å². The van der Waals surface area contributed by atoms with Crippen molar-refractivity contribution >= 4 is 0 Å². The Morgan fingerprint density at radius 1 is 1.25 bits per heavy atom. The van der Waals surface area contributed by atoms with E-state index < -0.39 is 0 Å². The van der Waals surface area contributed by atoms with Crippen LogP contribution in [0.3, 0.4) is 0 Å². The second kappa shape index (κ2) is 7.29. The number of likely N-dealkylation sites (tertiary alicyclic amines) is 1. The van der Waals surface area contributed by atoms with Crippen LogP contribution in [0.4, 0.5) is 0 Å². The van der Waals surface area contributed by atoms with Crippen molar-refractivity contribution in [2.75, 3.05) is 26.2 Å². The highest BCUT2D eigenvalue weighted by atomic mass is 15.1. The molecule has 16 heavy (non-hydrogen) atoms. The zero-order valence-electron chi connectivity index (χ0n) is 11.6. The molecule has 1 atom stereocenters. The Kier molecular flexibility index (Phi) is 6.37. The predicted molar refractivity (Wildman–Crippen MR) is 71.8 cm³/mol. The summed E-state index contributed by atoms with van der Waals surface area (Å²) < 4.78 is 0. The maximum atomic E-state index is 3.53. The van der Waals surface area contributed by atoms with Crippen LogP contribution in [0.1, 0.15) is 47.0 Å². The Balaban J connectivity index is 2.17. The lowest BCUT2D eigenvalue weighted by Gasteiger charge is -2.34. The van der Waals surface area contributed by atoms with E-state index in [0.29, 0.717) is 6.04 Å². The molecular formula is C14H30N2. The van der Waals surface area contributed by atoms with Gasteiger partial charge in [-0.2, -0.15) is 0 Å². The number of piperidine rings is 1. The van der Waals surface area contributed by atoms with Crippen LogP contribution < -0.4 is 5.32 Å². The largest absolute Gasteiger partial charge is 0.315 e. The summed E-state index contributed by atoms with van der Waals surface area (Å²) in [6, 6.07) is 0.635. The van der Waals surface area contributed by atoms with Crippen LogP contribution in [-0.2, 0) is 0 Å². The fraction of sp³-hybridized carbons (Fsp3) is 1.00. The van der Waals surface area contributed by atoms with E-state index in [-0.39, 0.29) is 0 Å². The van der Waals surface area contributed by atoms with Gasteiger partial charge in [-0.25, -0.2) is 0 Å². The first kappa shape index (κ1) is 14.0. The fourth-order valence-corrected chi connectivity index (χ4v) is 2.65. The van der Waals surface area contributed by atoms with Crippen molar-refractivity contribution in [2.45, 2.75) is 53.0 Å². The van der Waals surface area contributed by atoms with Crippen LogP contribution >= 0.6 is 0 Å².